The number of rotatable bonds is 3. The number of nitrogens with zero attached hydrogens (tertiary/aromatic N) is 3. The lowest BCUT2D eigenvalue weighted by atomic mass is 9.91. The molecule has 0 N–H and O–H groups in total. The van der Waals surface area contributed by atoms with Crippen LogP contribution in [-0.4, -0.2) is 47.4 Å². The van der Waals surface area contributed by atoms with Gasteiger partial charge in [0.05, 0.1) is 31.1 Å². The average Bonchev–Trinajstić information content (AvgIpc) is 3.67. The molecular weight excluding hydrogens is 612 g/mol. The van der Waals surface area contributed by atoms with Crippen LogP contribution in [0.1, 0.15) is 49.9 Å². The van der Waals surface area contributed by atoms with E-state index < -0.39 is 47.4 Å². The summed E-state index contributed by atoms with van der Waals surface area (Å²) in [5.41, 5.74) is 2.11. The predicted molar refractivity (Wildman–Crippen MR) is 161 cm³/mol. The van der Waals surface area contributed by atoms with Crippen LogP contribution in [0.15, 0.2) is 94.5 Å². The number of pyridine rings is 1. The number of amides is 1. The molecule has 2 aromatic heterocycles. The molecule has 234 valence electrons. The molecule has 1 saturated heterocycles. The molecule has 3 atom stereocenters. The van der Waals surface area contributed by atoms with Gasteiger partial charge in [-0.25, -0.2) is 13.6 Å². The summed E-state index contributed by atoms with van der Waals surface area (Å²) >= 11 is 0. The Morgan fingerprint density at radius 1 is 0.830 bits per heavy atom. The van der Waals surface area contributed by atoms with E-state index in [-0.39, 0.29) is 36.8 Å². The number of carbonyl (C=O) groups is 2. The highest BCUT2D eigenvalue weighted by Gasteiger charge is 2.47. The van der Waals surface area contributed by atoms with Gasteiger partial charge in [-0.3, -0.25) is 19.3 Å². The first kappa shape index (κ1) is 27.6. The van der Waals surface area contributed by atoms with Crippen molar-refractivity contribution in [2.45, 2.75) is 18.5 Å². The lowest BCUT2D eigenvalue weighted by molar-refractivity contribution is -0.0417. The summed E-state index contributed by atoms with van der Waals surface area (Å²) in [4.78, 5) is 42.0. The van der Waals surface area contributed by atoms with Gasteiger partial charge in [-0.2, -0.15) is 0 Å². The summed E-state index contributed by atoms with van der Waals surface area (Å²) in [5.74, 6) is -3.14. The number of hydrogen-bond acceptors (Lipinski definition) is 8. The van der Waals surface area contributed by atoms with E-state index in [4.69, 9.17) is 18.6 Å². The SMILES string of the molecule is O=C1OC(Oc2c3n(ccc2=O)N([C@@H]2c4ccccc4-c4occc4-c4c2ccc(F)c4F)[C@@H]2COCCN2C3=O)c2ccccc21. The molecule has 1 aliphatic carbocycles. The van der Waals surface area contributed by atoms with Crippen LogP contribution in [0.5, 0.6) is 5.75 Å². The molecule has 1 amide bonds. The highest BCUT2D eigenvalue weighted by Crippen LogP contribution is 2.49. The number of cyclic esters (lactones) is 1. The number of morpholine rings is 1. The summed E-state index contributed by atoms with van der Waals surface area (Å²) < 4.78 is 55.7. The van der Waals surface area contributed by atoms with Crippen molar-refractivity contribution in [3.8, 4) is 28.2 Å². The Morgan fingerprint density at radius 3 is 2.47 bits per heavy atom. The molecule has 0 saturated carbocycles. The van der Waals surface area contributed by atoms with Crippen molar-refractivity contribution in [1.82, 2.24) is 9.58 Å². The topological polar surface area (TPSA) is 103 Å². The maximum atomic E-state index is 15.9. The number of ether oxygens (including phenoxy) is 3. The molecular formula is C35H23F2N3O7. The van der Waals surface area contributed by atoms with E-state index in [2.05, 4.69) is 0 Å². The van der Waals surface area contributed by atoms with Crippen molar-refractivity contribution in [3.05, 3.63) is 135 Å². The molecule has 1 unspecified atom stereocenters. The van der Waals surface area contributed by atoms with Gasteiger partial charge in [0.2, 0.25) is 11.2 Å². The average molecular weight is 636 g/mol. The van der Waals surface area contributed by atoms with Crippen molar-refractivity contribution in [3.63, 3.8) is 0 Å². The molecule has 0 spiro atoms. The first-order chi connectivity index (χ1) is 22.9. The fourth-order valence-electron chi connectivity index (χ4n) is 7.12. The van der Waals surface area contributed by atoms with E-state index in [0.717, 1.165) is 6.07 Å². The summed E-state index contributed by atoms with van der Waals surface area (Å²) in [6.07, 6.45) is 0.888. The van der Waals surface area contributed by atoms with Gasteiger partial charge in [0, 0.05) is 41.1 Å². The minimum absolute atomic E-state index is 0.0173. The van der Waals surface area contributed by atoms with Gasteiger partial charge in [-0.1, -0.05) is 48.5 Å². The number of benzene rings is 3. The third kappa shape index (κ3) is 3.88. The number of furan rings is 1. The van der Waals surface area contributed by atoms with Crippen molar-refractivity contribution >= 4 is 11.9 Å². The third-order valence-electron chi connectivity index (χ3n) is 9.15. The quantitative estimate of drug-likeness (QED) is 0.251. The molecule has 3 aliphatic heterocycles. The molecule has 4 aliphatic rings. The highest BCUT2D eigenvalue weighted by atomic mass is 19.2. The van der Waals surface area contributed by atoms with Crippen molar-refractivity contribution < 1.29 is 37.0 Å². The maximum absolute atomic E-state index is 15.9. The lowest BCUT2D eigenvalue weighted by Crippen LogP contribution is -2.66. The van der Waals surface area contributed by atoms with Gasteiger partial charge in [-0.05, 0) is 29.3 Å². The van der Waals surface area contributed by atoms with E-state index in [9.17, 15) is 18.8 Å². The Hall–Kier alpha value is -5.75. The van der Waals surface area contributed by atoms with Crippen LogP contribution < -0.4 is 15.2 Å². The summed E-state index contributed by atoms with van der Waals surface area (Å²) in [6.45, 7) is 0.509. The van der Waals surface area contributed by atoms with Gasteiger partial charge in [0.15, 0.2) is 17.3 Å². The van der Waals surface area contributed by atoms with E-state index in [0.29, 0.717) is 39.1 Å². The molecule has 5 aromatic rings. The Bertz CT molecular complexity index is 2210. The summed E-state index contributed by atoms with van der Waals surface area (Å²) in [7, 11) is 0. The monoisotopic (exact) mass is 635 g/mol. The molecule has 9 rings (SSSR count). The zero-order valence-electron chi connectivity index (χ0n) is 24.4. The Labute approximate surface area is 264 Å². The molecule has 10 nitrogen and oxygen atoms in total. The lowest BCUT2D eigenvalue weighted by Gasteiger charge is -2.51. The number of aromatic nitrogens is 1. The van der Waals surface area contributed by atoms with E-state index in [1.165, 1.54) is 29.3 Å². The van der Waals surface area contributed by atoms with Crippen LogP contribution >= 0.6 is 0 Å². The third-order valence-corrected chi connectivity index (χ3v) is 9.15. The zero-order valence-corrected chi connectivity index (χ0v) is 24.4. The zero-order chi connectivity index (χ0) is 32.0. The molecule has 1 fully saturated rings. The van der Waals surface area contributed by atoms with Crippen LogP contribution in [0.2, 0.25) is 0 Å². The van der Waals surface area contributed by atoms with Crippen LogP contribution in [-0.2, 0) is 9.47 Å². The predicted octanol–water partition coefficient (Wildman–Crippen LogP) is 5.15. The van der Waals surface area contributed by atoms with Gasteiger partial charge in [-0.15, -0.1) is 0 Å². The second-order valence-electron chi connectivity index (χ2n) is 11.6. The standard InChI is InChI=1S/C35H23F2N3O7/c36-24-10-9-22-27(28(24)37)23-12-15-45-31(23)19-6-2-1-5-18(19)29(22)40-26-17-44-16-14-38(26)33(42)30-32(25(41)11-13-39(30)40)46-35-21-8-4-3-7-20(21)34(43)47-35/h1-13,15,26,29,35H,14,16-17H2/t26-,29-,35?/m1/s1. The minimum atomic E-state index is -1.27. The minimum Gasteiger partial charge on any atom is -0.464 e. The number of halogens is 2. The van der Waals surface area contributed by atoms with Crippen LogP contribution in [0.25, 0.3) is 22.5 Å². The fraction of sp³-hybridized carbons (Fsp3) is 0.171. The molecule has 5 heterocycles. The number of hydrogen-bond donors (Lipinski definition) is 0. The maximum Gasteiger partial charge on any atom is 0.342 e. The molecule has 3 aromatic carbocycles. The largest absolute Gasteiger partial charge is 0.464 e. The van der Waals surface area contributed by atoms with Crippen LogP contribution in [0.3, 0.4) is 0 Å². The van der Waals surface area contributed by atoms with Crippen molar-refractivity contribution in [2.75, 3.05) is 24.8 Å². The first-order valence-corrected chi connectivity index (χ1v) is 15.0. The van der Waals surface area contributed by atoms with E-state index >= 15 is 4.39 Å². The Kier molecular flexibility index (Phi) is 5.94. The molecule has 47 heavy (non-hydrogen) atoms. The Balaban J connectivity index is 1.30. The second-order valence-corrected chi connectivity index (χ2v) is 11.6. The molecule has 0 bridgehead atoms. The summed E-state index contributed by atoms with van der Waals surface area (Å²) in [6, 6.07) is 18.6. The van der Waals surface area contributed by atoms with Gasteiger partial charge < -0.3 is 23.5 Å². The second kappa shape index (κ2) is 10.1. The smallest absolute Gasteiger partial charge is 0.342 e. The normalized spacial score (nSPS) is 20.7. The van der Waals surface area contributed by atoms with Gasteiger partial charge in [0.25, 0.3) is 12.2 Å². The van der Waals surface area contributed by atoms with Crippen LogP contribution in [0, 0.1) is 11.6 Å². The molecule has 12 heteroatoms. The Morgan fingerprint density at radius 2 is 1.62 bits per heavy atom. The van der Waals surface area contributed by atoms with Crippen molar-refractivity contribution in [2.24, 2.45) is 0 Å². The number of esters is 1. The number of carbonyl (C=O) groups excluding carboxylic acids is 2. The van der Waals surface area contributed by atoms with Gasteiger partial charge in [0.1, 0.15) is 11.9 Å². The number of fused-ring (bicyclic) bond motifs is 8. The fourth-order valence-corrected chi connectivity index (χ4v) is 7.12. The van der Waals surface area contributed by atoms with E-state index in [1.807, 2.05) is 29.3 Å². The van der Waals surface area contributed by atoms with Crippen molar-refractivity contribution in [1.29, 1.82) is 0 Å². The first-order valence-electron chi connectivity index (χ1n) is 15.0. The van der Waals surface area contributed by atoms with E-state index in [1.54, 1.807) is 35.2 Å². The highest BCUT2D eigenvalue weighted by molar-refractivity contribution is 5.97. The van der Waals surface area contributed by atoms with Crippen LogP contribution in [0.4, 0.5) is 8.78 Å². The van der Waals surface area contributed by atoms with Gasteiger partial charge >= 0.3 is 5.97 Å². The summed E-state index contributed by atoms with van der Waals surface area (Å²) in [5, 5.41) is 1.82. The molecule has 0 radical (unpaired) electrons.